The van der Waals surface area contributed by atoms with Gasteiger partial charge in [0.05, 0.1) is 6.54 Å². The molecule has 0 aromatic heterocycles. The highest BCUT2D eigenvalue weighted by molar-refractivity contribution is 9.09. The van der Waals surface area contributed by atoms with Crippen molar-refractivity contribution in [1.82, 2.24) is 4.90 Å². The molecule has 0 atom stereocenters. The van der Waals surface area contributed by atoms with E-state index in [1.54, 1.807) is 0 Å². The summed E-state index contributed by atoms with van der Waals surface area (Å²) in [6.45, 7) is -0.0550. The Balaban J connectivity index is 2.49. The van der Waals surface area contributed by atoms with Gasteiger partial charge in [-0.1, -0.05) is 28.8 Å². The van der Waals surface area contributed by atoms with Crippen LogP contribution in [-0.4, -0.2) is 35.7 Å². The number of amides is 1. The molecule has 1 aliphatic carbocycles. The van der Waals surface area contributed by atoms with Crippen molar-refractivity contribution in [2.45, 2.75) is 32.1 Å². The molecule has 1 amide bonds. The van der Waals surface area contributed by atoms with Crippen molar-refractivity contribution < 1.29 is 13.6 Å². The minimum Gasteiger partial charge on any atom is -0.336 e. The molecule has 0 bridgehead atoms. The Morgan fingerprint density at radius 2 is 2.00 bits per heavy atom. The van der Waals surface area contributed by atoms with Gasteiger partial charge in [-0.2, -0.15) is 0 Å². The van der Waals surface area contributed by atoms with Crippen LogP contribution in [0.3, 0.4) is 0 Å². The van der Waals surface area contributed by atoms with Crippen LogP contribution >= 0.6 is 15.9 Å². The van der Waals surface area contributed by atoms with Gasteiger partial charge in [-0.05, 0) is 12.8 Å². The van der Waals surface area contributed by atoms with Crippen LogP contribution < -0.4 is 0 Å². The van der Waals surface area contributed by atoms with Gasteiger partial charge < -0.3 is 4.90 Å². The molecule has 5 heteroatoms. The summed E-state index contributed by atoms with van der Waals surface area (Å²) >= 11 is 3.18. The normalized spacial score (nSPS) is 17.3. The number of hydrogen-bond donors (Lipinski definition) is 0. The molecule has 2 nitrogen and oxygen atoms in total. The van der Waals surface area contributed by atoms with Crippen molar-refractivity contribution in [3.05, 3.63) is 0 Å². The first-order chi connectivity index (χ1) is 7.15. The molecule has 0 saturated heterocycles. The molecule has 1 fully saturated rings. The van der Waals surface area contributed by atoms with Crippen LogP contribution in [0.2, 0.25) is 0 Å². The zero-order valence-electron chi connectivity index (χ0n) is 8.59. The smallest absolute Gasteiger partial charge is 0.255 e. The summed E-state index contributed by atoms with van der Waals surface area (Å²) in [4.78, 5) is 13.1. The third-order valence-electron chi connectivity index (χ3n) is 2.73. The van der Waals surface area contributed by atoms with Crippen LogP contribution in [0.5, 0.6) is 0 Å². The minimum absolute atomic E-state index is 0.0113. The zero-order valence-corrected chi connectivity index (χ0v) is 10.2. The van der Waals surface area contributed by atoms with Gasteiger partial charge in [0.2, 0.25) is 5.91 Å². The molecule has 88 valence electrons. The molecular weight excluding hydrogens is 268 g/mol. The highest BCUT2D eigenvalue weighted by atomic mass is 79.9. The lowest BCUT2D eigenvalue weighted by molar-refractivity contribution is -0.137. The molecule has 15 heavy (non-hydrogen) atoms. The highest BCUT2D eigenvalue weighted by Crippen LogP contribution is 2.26. The van der Waals surface area contributed by atoms with E-state index in [2.05, 4.69) is 15.9 Å². The summed E-state index contributed by atoms with van der Waals surface area (Å²) in [6, 6.07) is 0. The zero-order chi connectivity index (χ0) is 11.3. The third-order valence-corrected chi connectivity index (χ3v) is 3.08. The Labute approximate surface area is 97.1 Å². The standard InChI is InChI=1S/C10H16BrF2NO/c11-5-6-14(7-9(12)13)10(15)8-3-1-2-4-8/h8-9H,1-7H2. The molecule has 0 spiro atoms. The van der Waals surface area contributed by atoms with E-state index in [9.17, 15) is 13.6 Å². The summed E-state index contributed by atoms with van der Waals surface area (Å²) in [5.74, 6) is -0.102. The second-order valence-corrected chi connectivity index (χ2v) is 4.64. The van der Waals surface area contributed by atoms with Gasteiger partial charge in [-0.3, -0.25) is 4.79 Å². The maximum atomic E-state index is 12.2. The lowest BCUT2D eigenvalue weighted by Crippen LogP contribution is -2.39. The van der Waals surface area contributed by atoms with Crippen molar-refractivity contribution in [3.8, 4) is 0 Å². The number of carbonyl (C=O) groups excluding carboxylic acids is 1. The van der Waals surface area contributed by atoms with Crippen molar-refractivity contribution in [3.63, 3.8) is 0 Å². The van der Waals surface area contributed by atoms with E-state index in [0.717, 1.165) is 25.7 Å². The molecule has 0 aromatic rings. The number of carbonyl (C=O) groups is 1. The van der Waals surface area contributed by atoms with Gasteiger partial charge in [0.25, 0.3) is 6.43 Å². The summed E-state index contributed by atoms with van der Waals surface area (Å²) in [5.41, 5.74) is 0. The van der Waals surface area contributed by atoms with Gasteiger partial charge in [0.15, 0.2) is 0 Å². The van der Waals surface area contributed by atoms with Gasteiger partial charge in [0, 0.05) is 17.8 Å². The van der Waals surface area contributed by atoms with Crippen LogP contribution in [0.15, 0.2) is 0 Å². The molecule has 0 unspecified atom stereocenters. The molecule has 1 rings (SSSR count). The quantitative estimate of drug-likeness (QED) is 0.711. The van der Waals surface area contributed by atoms with Gasteiger partial charge >= 0.3 is 0 Å². The maximum Gasteiger partial charge on any atom is 0.255 e. The van der Waals surface area contributed by atoms with E-state index in [-0.39, 0.29) is 11.8 Å². The highest BCUT2D eigenvalue weighted by Gasteiger charge is 2.28. The maximum absolute atomic E-state index is 12.2. The van der Waals surface area contributed by atoms with E-state index in [0.29, 0.717) is 11.9 Å². The summed E-state index contributed by atoms with van der Waals surface area (Å²) in [5, 5.41) is 0.554. The third kappa shape index (κ3) is 4.05. The molecule has 0 radical (unpaired) electrons. The van der Waals surface area contributed by atoms with E-state index in [4.69, 9.17) is 0 Å². The minimum atomic E-state index is -2.44. The number of alkyl halides is 3. The predicted octanol–water partition coefficient (Wildman–Crippen LogP) is 2.67. The fourth-order valence-corrected chi connectivity index (χ4v) is 2.42. The van der Waals surface area contributed by atoms with Crippen LogP contribution in [0.1, 0.15) is 25.7 Å². The summed E-state index contributed by atoms with van der Waals surface area (Å²) in [6.07, 6.45) is 1.39. The van der Waals surface area contributed by atoms with Gasteiger partial charge in [-0.15, -0.1) is 0 Å². The van der Waals surface area contributed by atoms with Crippen LogP contribution in [0, 0.1) is 5.92 Å². The Bertz CT molecular complexity index is 208. The molecular formula is C10H16BrF2NO. The average Bonchev–Trinajstić information content (AvgIpc) is 2.68. The van der Waals surface area contributed by atoms with E-state index in [1.807, 2.05) is 0 Å². The SMILES string of the molecule is O=C(C1CCCC1)N(CCBr)CC(F)F. The number of rotatable bonds is 5. The summed E-state index contributed by atoms with van der Waals surface area (Å²) in [7, 11) is 0. The second-order valence-electron chi connectivity index (χ2n) is 3.85. The number of hydrogen-bond acceptors (Lipinski definition) is 1. The number of nitrogens with zero attached hydrogens (tertiary/aromatic N) is 1. The fourth-order valence-electron chi connectivity index (χ4n) is 1.99. The largest absolute Gasteiger partial charge is 0.336 e. The average molecular weight is 284 g/mol. The lowest BCUT2D eigenvalue weighted by atomic mass is 10.1. The van der Waals surface area contributed by atoms with Crippen molar-refractivity contribution in [1.29, 1.82) is 0 Å². The van der Waals surface area contributed by atoms with E-state index in [1.165, 1.54) is 4.90 Å². The summed E-state index contributed by atoms with van der Waals surface area (Å²) < 4.78 is 24.5. The predicted molar refractivity (Wildman–Crippen MR) is 58.3 cm³/mol. The number of halogens is 3. The Morgan fingerprint density at radius 1 is 1.40 bits per heavy atom. The topological polar surface area (TPSA) is 20.3 Å². The van der Waals surface area contributed by atoms with Crippen LogP contribution in [-0.2, 0) is 4.79 Å². The molecule has 0 heterocycles. The Morgan fingerprint density at radius 3 is 2.47 bits per heavy atom. The van der Waals surface area contributed by atoms with Crippen molar-refractivity contribution >= 4 is 21.8 Å². The van der Waals surface area contributed by atoms with Crippen molar-refractivity contribution in [2.24, 2.45) is 5.92 Å². The van der Waals surface area contributed by atoms with Gasteiger partial charge in [-0.25, -0.2) is 8.78 Å². The first kappa shape index (κ1) is 12.9. The molecule has 0 aliphatic heterocycles. The van der Waals surface area contributed by atoms with E-state index >= 15 is 0 Å². The fraction of sp³-hybridized carbons (Fsp3) is 0.900. The van der Waals surface area contributed by atoms with Gasteiger partial charge in [0.1, 0.15) is 0 Å². The first-order valence-corrected chi connectivity index (χ1v) is 6.40. The monoisotopic (exact) mass is 283 g/mol. The molecule has 0 N–H and O–H groups in total. The second kappa shape index (κ2) is 6.40. The molecule has 1 aliphatic rings. The van der Waals surface area contributed by atoms with E-state index < -0.39 is 13.0 Å². The first-order valence-electron chi connectivity index (χ1n) is 5.28. The molecule has 1 saturated carbocycles. The van der Waals surface area contributed by atoms with Crippen molar-refractivity contribution in [2.75, 3.05) is 18.4 Å². The molecule has 0 aromatic carbocycles. The lowest BCUT2D eigenvalue weighted by Gasteiger charge is -2.24. The Hall–Kier alpha value is -0.190. The van der Waals surface area contributed by atoms with Crippen LogP contribution in [0.4, 0.5) is 8.78 Å². The van der Waals surface area contributed by atoms with Crippen LogP contribution in [0.25, 0.3) is 0 Å². The Kier molecular flexibility index (Phi) is 5.50.